The van der Waals surface area contributed by atoms with Crippen LogP contribution in [-0.2, 0) is 11.0 Å². The Morgan fingerprint density at radius 2 is 1.78 bits per heavy atom. The summed E-state index contributed by atoms with van der Waals surface area (Å²) >= 11 is 9.23. The quantitative estimate of drug-likeness (QED) is 0.499. The van der Waals surface area contributed by atoms with E-state index in [2.05, 4.69) is 31.7 Å². The first-order valence-corrected chi connectivity index (χ1v) is 11.1. The van der Waals surface area contributed by atoms with Gasteiger partial charge in [-0.05, 0) is 42.8 Å². The summed E-state index contributed by atoms with van der Waals surface area (Å²) in [6.07, 6.45) is -3.49. The first kappa shape index (κ1) is 24.1. The Morgan fingerprint density at radius 3 is 2.38 bits per heavy atom. The molecule has 1 atom stereocenters. The van der Waals surface area contributed by atoms with Crippen molar-refractivity contribution >= 4 is 50.9 Å². The lowest BCUT2D eigenvalue weighted by Crippen LogP contribution is -2.44. The molecule has 0 saturated heterocycles. The van der Waals surface area contributed by atoms with E-state index < -0.39 is 23.8 Å². The van der Waals surface area contributed by atoms with Crippen LogP contribution in [0.3, 0.4) is 0 Å². The number of hydrazone groups is 1. The van der Waals surface area contributed by atoms with Gasteiger partial charge in [0.25, 0.3) is 0 Å². The van der Waals surface area contributed by atoms with E-state index in [0.717, 1.165) is 17.1 Å². The molecule has 2 aromatic carbocycles. The fourth-order valence-electron chi connectivity index (χ4n) is 3.05. The van der Waals surface area contributed by atoms with E-state index in [0.29, 0.717) is 34.5 Å². The standard InChI is InChI=1S/C21H19BrClF3N4O2/c22-11-1-2-18(31)28-17-12-30(29-19(17)13-3-7-15(23)8-4-13)20(32)27-16-9-5-14(6-10-16)21(24,25)26/h3-10,17H,1-2,11-12H2,(H,27,32)(H,28,31). The third-order valence-corrected chi connectivity index (χ3v) is 5.44. The summed E-state index contributed by atoms with van der Waals surface area (Å²) in [7, 11) is 0. The molecule has 2 aromatic rings. The van der Waals surface area contributed by atoms with Gasteiger partial charge in [-0.3, -0.25) is 4.79 Å². The minimum Gasteiger partial charge on any atom is -0.346 e. The van der Waals surface area contributed by atoms with Gasteiger partial charge in [0.1, 0.15) is 0 Å². The molecule has 1 unspecified atom stereocenters. The van der Waals surface area contributed by atoms with E-state index in [1.165, 1.54) is 12.1 Å². The van der Waals surface area contributed by atoms with E-state index >= 15 is 0 Å². The van der Waals surface area contributed by atoms with Crippen molar-refractivity contribution in [2.45, 2.75) is 25.1 Å². The van der Waals surface area contributed by atoms with Crippen molar-refractivity contribution in [3.8, 4) is 0 Å². The normalized spacial score (nSPS) is 16.0. The second-order valence-corrected chi connectivity index (χ2v) is 8.22. The number of hydrogen-bond acceptors (Lipinski definition) is 3. The van der Waals surface area contributed by atoms with E-state index in [1.807, 2.05) is 0 Å². The molecular formula is C21H19BrClF3N4O2. The van der Waals surface area contributed by atoms with Crippen LogP contribution in [0.1, 0.15) is 24.0 Å². The highest BCUT2D eigenvalue weighted by atomic mass is 79.9. The molecule has 0 aliphatic carbocycles. The van der Waals surface area contributed by atoms with Gasteiger partial charge in [0.15, 0.2) is 0 Å². The monoisotopic (exact) mass is 530 g/mol. The Kier molecular flexibility index (Phi) is 7.78. The number of halogens is 5. The Labute approximate surface area is 195 Å². The largest absolute Gasteiger partial charge is 0.416 e. The zero-order chi connectivity index (χ0) is 23.3. The second kappa shape index (κ2) is 10.4. The van der Waals surface area contributed by atoms with Crippen LogP contribution in [0.4, 0.5) is 23.7 Å². The number of alkyl halides is 4. The van der Waals surface area contributed by atoms with E-state index in [1.54, 1.807) is 24.3 Å². The van der Waals surface area contributed by atoms with Gasteiger partial charge in [-0.25, -0.2) is 9.80 Å². The first-order valence-electron chi connectivity index (χ1n) is 9.63. The molecule has 32 heavy (non-hydrogen) atoms. The first-order chi connectivity index (χ1) is 15.2. The maximum atomic E-state index is 12.7. The highest BCUT2D eigenvalue weighted by Crippen LogP contribution is 2.30. The smallest absolute Gasteiger partial charge is 0.346 e. The van der Waals surface area contributed by atoms with Crippen molar-refractivity contribution in [1.82, 2.24) is 10.3 Å². The second-order valence-electron chi connectivity index (χ2n) is 6.99. The van der Waals surface area contributed by atoms with Gasteiger partial charge in [-0.15, -0.1) is 0 Å². The maximum Gasteiger partial charge on any atom is 0.416 e. The third-order valence-electron chi connectivity index (χ3n) is 4.62. The van der Waals surface area contributed by atoms with Crippen LogP contribution in [-0.4, -0.2) is 40.6 Å². The van der Waals surface area contributed by atoms with Crippen molar-refractivity contribution in [2.24, 2.45) is 5.10 Å². The molecular weight excluding hydrogens is 513 g/mol. The molecule has 0 fully saturated rings. The molecule has 3 amide bonds. The zero-order valence-electron chi connectivity index (χ0n) is 16.6. The van der Waals surface area contributed by atoms with Crippen molar-refractivity contribution in [3.05, 3.63) is 64.7 Å². The number of anilines is 1. The van der Waals surface area contributed by atoms with Crippen LogP contribution in [0.5, 0.6) is 0 Å². The molecule has 0 bridgehead atoms. The summed E-state index contributed by atoms with van der Waals surface area (Å²) in [5.74, 6) is -0.180. The number of amides is 3. The predicted octanol–water partition coefficient (Wildman–Crippen LogP) is 5.27. The van der Waals surface area contributed by atoms with Crippen LogP contribution in [0.2, 0.25) is 5.02 Å². The fraction of sp³-hybridized carbons (Fsp3) is 0.286. The van der Waals surface area contributed by atoms with Crippen molar-refractivity contribution in [3.63, 3.8) is 0 Å². The Balaban J connectivity index is 1.76. The summed E-state index contributed by atoms with van der Waals surface area (Å²) < 4.78 is 38.2. The van der Waals surface area contributed by atoms with Gasteiger partial charge in [-0.1, -0.05) is 39.7 Å². The fourth-order valence-corrected chi connectivity index (χ4v) is 3.45. The van der Waals surface area contributed by atoms with Gasteiger partial charge >= 0.3 is 12.2 Å². The molecule has 0 radical (unpaired) electrons. The van der Waals surface area contributed by atoms with Gasteiger partial charge in [0, 0.05) is 28.0 Å². The Hall–Kier alpha value is -2.59. The van der Waals surface area contributed by atoms with Crippen LogP contribution >= 0.6 is 27.5 Å². The molecule has 0 spiro atoms. The van der Waals surface area contributed by atoms with E-state index in [9.17, 15) is 22.8 Å². The molecule has 1 aliphatic rings. The van der Waals surface area contributed by atoms with Gasteiger partial charge in [0.05, 0.1) is 23.9 Å². The summed E-state index contributed by atoms with van der Waals surface area (Å²) in [5, 5.41) is 12.1. The molecule has 2 N–H and O–H groups in total. The average Bonchev–Trinajstić information content (AvgIpc) is 3.16. The lowest BCUT2D eigenvalue weighted by atomic mass is 10.0. The summed E-state index contributed by atoms with van der Waals surface area (Å²) in [6, 6.07) is 9.74. The van der Waals surface area contributed by atoms with E-state index in [4.69, 9.17) is 11.6 Å². The average molecular weight is 532 g/mol. The van der Waals surface area contributed by atoms with Crippen molar-refractivity contribution in [1.29, 1.82) is 0 Å². The molecule has 0 saturated carbocycles. The van der Waals surface area contributed by atoms with E-state index in [-0.39, 0.29) is 18.1 Å². The van der Waals surface area contributed by atoms with Crippen LogP contribution in [0.15, 0.2) is 53.6 Å². The van der Waals surface area contributed by atoms with Gasteiger partial charge in [-0.2, -0.15) is 18.3 Å². The number of urea groups is 1. The third kappa shape index (κ3) is 6.23. The summed E-state index contributed by atoms with van der Waals surface area (Å²) in [4.78, 5) is 24.9. The highest BCUT2D eigenvalue weighted by molar-refractivity contribution is 9.09. The predicted molar refractivity (Wildman–Crippen MR) is 120 cm³/mol. The number of nitrogens with one attached hydrogen (secondary N) is 2. The number of benzene rings is 2. The highest BCUT2D eigenvalue weighted by Gasteiger charge is 2.33. The summed E-state index contributed by atoms with van der Waals surface area (Å²) in [6.45, 7) is 0.0739. The minimum atomic E-state index is -4.46. The van der Waals surface area contributed by atoms with Crippen LogP contribution < -0.4 is 10.6 Å². The minimum absolute atomic E-state index is 0.0739. The summed E-state index contributed by atoms with van der Waals surface area (Å²) in [5.41, 5.74) is 0.545. The van der Waals surface area contributed by atoms with Crippen LogP contribution in [0, 0.1) is 0 Å². The molecule has 1 aliphatic heterocycles. The maximum absolute atomic E-state index is 12.7. The SMILES string of the molecule is O=C(CCCBr)NC1CN(C(=O)Nc2ccc(C(F)(F)F)cc2)N=C1c1ccc(Cl)cc1. The molecule has 0 aromatic heterocycles. The zero-order valence-corrected chi connectivity index (χ0v) is 19.0. The van der Waals surface area contributed by atoms with Crippen molar-refractivity contribution < 1.29 is 22.8 Å². The lowest BCUT2D eigenvalue weighted by molar-refractivity contribution is -0.137. The number of rotatable bonds is 6. The Morgan fingerprint density at radius 1 is 1.12 bits per heavy atom. The number of carbonyl (C=O) groups excluding carboxylic acids is 2. The molecule has 1 heterocycles. The number of carbonyl (C=O) groups is 2. The topological polar surface area (TPSA) is 73.8 Å². The molecule has 170 valence electrons. The number of hydrogen-bond donors (Lipinski definition) is 2. The lowest BCUT2D eigenvalue weighted by Gasteiger charge is -2.17. The van der Waals surface area contributed by atoms with Gasteiger partial charge in [0.2, 0.25) is 5.91 Å². The van der Waals surface area contributed by atoms with Gasteiger partial charge < -0.3 is 10.6 Å². The molecule has 11 heteroatoms. The van der Waals surface area contributed by atoms with Crippen molar-refractivity contribution in [2.75, 3.05) is 17.2 Å². The Bertz CT molecular complexity index is 998. The molecule has 3 rings (SSSR count). The van der Waals surface area contributed by atoms with Crippen LogP contribution in [0.25, 0.3) is 0 Å². The molecule has 6 nitrogen and oxygen atoms in total. The number of nitrogens with zero attached hydrogens (tertiary/aromatic N) is 2.